The summed E-state index contributed by atoms with van der Waals surface area (Å²) in [5.74, 6) is 0.953. The van der Waals surface area contributed by atoms with E-state index in [4.69, 9.17) is 11.6 Å². The van der Waals surface area contributed by atoms with Gasteiger partial charge in [0.1, 0.15) is 5.82 Å². The minimum Gasteiger partial charge on any atom is -0.299 e. The minimum atomic E-state index is 0.302. The van der Waals surface area contributed by atoms with E-state index in [-0.39, 0.29) is 0 Å². The van der Waals surface area contributed by atoms with E-state index in [9.17, 15) is 0 Å². The van der Waals surface area contributed by atoms with Crippen LogP contribution in [0.4, 0.5) is 0 Å². The number of aryl methyl sites for hydroxylation is 1. The zero-order valence-electron chi connectivity index (χ0n) is 9.35. The van der Waals surface area contributed by atoms with Crippen LogP contribution in [0.5, 0.6) is 0 Å². The molecule has 1 atom stereocenters. The largest absolute Gasteiger partial charge is 0.299 e. The van der Waals surface area contributed by atoms with E-state index in [1.807, 2.05) is 4.57 Å². The van der Waals surface area contributed by atoms with Gasteiger partial charge in [-0.15, -0.1) is 21.5 Å². The number of hydrogen-bond acceptors (Lipinski definition) is 3. The summed E-state index contributed by atoms with van der Waals surface area (Å²) in [6.45, 7) is 4.21. The highest BCUT2D eigenvalue weighted by Crippen LogP contribution is 2.22. The first-order valence-corrected chi connectivity index (χ1v) is 6.59. The van der Waals surface area contributed by atoms with Crippen molar-refractivity contribution in [2.75, 3.05) is 0 Å². The normalized spacial score (nSPS) is 12.9. The number of hydrogen-bond donors (Lipinski definition) is 0. The van der Waals surface area contributed by atoms with Gasteiger partial charge in [-0.1, -0.05) is 13.0 Å². The van der Waals surface area contributed by atoms with Gasteiger partial charge in [0, 0.05) is 23.8 Å². The molecule has 16 heavy (non-hydrogen) atoms. The molecule has 5 heteroatoms. The van der Waals surface area contributed by atoms with Gasteiger partial charge in [-0.05, 0) is 30.0 Å². The predicted molar refractivity (Wildman–Crippen MR) is 67.1 cm³/mol. The molecule has 0 bridgehead atoms. The fraction of sp³-hybridized carbons (Fsp3) is 0.455. The average molecular weight is 256 g/mol. The fourth-order valence-corrected chi connectivity index (χ4v) is 2.92. The predicted octanol–water partition coefficient (Wildman–Crippen LogP) is 3.36. The smallest absolute Gasteiger partial charge is 0.225 e. The molecule has 0 aromatic carbocycles. The second kappa shape index (κ2) is 4.97. The number of rotatable bonds is 4. The molecule has 0 saturated carbocycles. The van der Waals surface area contributed by atoms with Crippen LogP contribution < -0.4 is 0 Å². The van der Waals surface area contributed by atoms with Gasteiger partial charge in [-0.2, -0.15) is 0 Å². The second-order valence-electron chi connectivity index (χ2n) is 3.74. The Bertz CT molecular complexity index is 450. The molecule has 2 aromatic rings. The lowest BCUT2D eigenvalue weighted by Crippen LogP contribution is -2.11. The van der Waals surface area contributed by atoms with Gasteiger partial charge in [-0.3, -0.25) is 4.57 Å². The summed E-state index contributed by atoms with van der Waals surface area (Å²) in [6.07, 6.45) is 1.83. The summed E-state index contributed by atoms with van der Waals surface area (Å²) < 4.78 is 2.02. The Balaban J connectivity index is 2.20. The molecule has 0 saturated heterocycles. The van der Waals surface area contributed by atoms with E-state index in [1.165, 1.54) is 4.88 Å². The van der Waals surface area contributed by atoms with Crippen molar-refractivity contribution in [3.05, 3.63) is 33.5 Å². The first kappa shape index (κ1) is 11.6. The highest BCUT2D eigenvalue weighted by atomic mass is 35.5. The maximum atomic E-state index is 6.05. The van der Waals surface area contributed by atoms with Gasteiger partial charge in [-0.25, -0.2) is 0 Å². The van der Waals surface area contributed by atoms with Gasteiger partial charge in [0.15, 0.2) is 0 Å². The fourth-order valence-electron chi connectivity index (χ4n) is 1.79. The lowest BCUT2D eigenvalue weighted by molar-refractivity contribution is 0.526. The topological polar surface area (TPSA) is 30.7 Å². The summed E-state index contributed by atoms with van der Waals surface area (Å²) in [5.41, 5.74) is 0. The Kier molecular flexibility index (Phi) is 3.61. The standard InChI is InChI=1S/C11H14ClN3S/c1-3-10-13-14-11(12)15(10)8(2)7-9-5-4-6-16-9/h4-6,8H,3,7H2,1-2H3. The molecule has 0 spiro atoms. The van der Waals surface area contributed by atoms with Crippen LogP contribution in [0.25, 0.3) is 0 Å². The Hall–Kier alpha value is -0.870. The molecule has 2 aromatic heterocycles. The molecule has 86 valence electrons. The zero-order valence-corrected chi connectivity index (χ0v) is 10.9. The van der Waals surface area contributed by atoms with E-state index in [1.54, 1.807) is 11.3 Å². The maximum Gasteiger partial charge on any atom is 0.225 e. The van der Waals surface area contributed by atoms with Crippen LogP contribution in [0.1, 0.15) is 30.6 Å². The highest BCUT2D eigenvalue weighted by Gasteiger charge is 2.15. The molecule has 0 fully saturated rings. The molecule has 2 heterocycles. The lowest BCUT2D eigenvalue weighted by Gasteiger charge is -2.14. The third-order valence-electron chi connectivity index (χ3n) is 2.56. The maximum absolute atomic E-state index is 6.05. The third-order valence-corrected chi connectivity index (χ3v) is 3.71. The SMILES string of the molecule is CCc1nnc(Cl)n1C(C)Cc1cccs1. The third kappa shape index (κ3) is 2.28. The first-order chi connectivity index (χ1) is 7.72. The van der Waals surface area contributed by atoms with Crippen molar-refractivity contribution in [1.82, 2.24) is 14.8 Å². The van der Waals surface area contributed by atoms with Crippen molar-refractivity contribution >= 4 is 22.9 Å². The van der Waals surface area contributed by atoms with Crippen molar-refractivity contribution < 1.29 is 0 Å². The number of halogens is 1. The molecule has 2 rings (SSSR count). The summed E-state index contributed by atoms with van der Waals surface area (Å²) in [7, 11) is 0. The molecular weight excluding hydrogens is 242 g/mol. The molecule has 3 nitrogen and oxygen atoms in total. The molecule has 1 unspecified atom stereocenters. The van der Waals surface area contributed by atoms with Crippen molar-refractivity contribution in [2.24, 2.45) is 0 Å². The Labute approximate surface area is 104 Å². The van der Waals surface area contributed by atoms with E-state index in [0.717, 1.165) is 18.7 Å². The van der Waals surface area contributed by atoms with E-state index < -0.39 is 0 Å². The van der Waals surface area contributed by atoms with Crippen LogP contribution in [0, 0.1) is 0 Å². The minimum absolute atomic E-state index is 0.302. The van der Waals surface area contributed by atoms with E-state index >= 15 is 0 Å². The van der Waals surface area contributed by atoms with Crippen LogP contribution >= 0.6 is 22.9 Å². The van der Waals surface area contributed by atoms with Gasteiger partial charge < -0.3 is 0 Å². The monoisotopic (exact) mass is 255 g/mol. The van der Waals surface area contributed by atoms with Crippen LogP contribution in [0.15, 0.2) is 17.5 Å². The Morgan fingerprint density at radius 3 is 2.94 bits per heavy atom. The Morgan fingerprint density at radius 1 is 1.50 bits per heavy atom. The van der Waals surface area contributed by atoms with E-state index in [2.05, 4.69) is 41.6 Å². The van der Waals surface area contributed by atoms with Crippen molar-refractivity contribution in [3.8, 4) is 0 Å². The molecular formula is C11H14ClN3S. The number of aromatic nitrogens is 3. The van der Waals surface area contributed by atoms with Gasteiger partial charge >= 0.3 is 0 Å². The molecule has 0 aliphatic rings. The zero-order chi connectivity index (χ0) is 11.5. The van der Waals surface area contributed by atoms with Gasteiger partial charge in [0.05, 0.1) is 0 Å². The summed E-state index contributed by atoms with van der Waals surface area (Å²) >= 11 is 7.82. The highest BCUT2D eigenvalue weighted by molar-refractivity contribution is 7.09. The first-order valence-electron chi connectivity index (χ1n) is 5.34. The molecule has 0 radical (unpaired) electrons. The van der Waals surface area contributed by atoms with Crippen LogP contribution in [0.3, 0.4) is 0 Å². The molecule has 0 N–H and O–H groups in total. The average Bonchev–Trinajstić information content (AvgIpc) is 2.87. The number of nitrogens with zero attached hydrogens (tertiary/aromatic N) is 3. The Morgan fingerprint density at radius 2 is 2.31 bits per heavy atom. The van der Waals surface area contributed by atoms with E-state index in [0.29, 0.717) is 11.3 Å². The van der Waals surface area contributed by atoms with Crippen LogP contribution in [-0.2, 0) is 12.8 Å². The van der Waals surface area contributed by atoms with Crippen molar-refractivity contribution in [2.45, 2.75) is 32.7 Å². The quantitative estimate of drug-likeness (QED) is 0.839. The summed E-state index contributed by atoms with van der Waals surface area (Å²) in [4.78, 5) is 1.36. The van der Waals surface area contributed by atoms with Crippen molar-refractivity contribution in [3.63, 3.8) is 0 Å². The summed E-state index contributed by atoms with van der Waals surface area (Å²) in [6, 6.07) is 4.52. The van der Waals surface area contributed by atoms with Gasteiger partial charge in [0.2, 0.25) is 5.28 Å². The second-order valence-corrected chi connectivity index (χ2v) is 5.11. The van der Waals surface area contributed by atoms with Gasteiger partial charge in [0.25, 0.3) is 0 Å². The van der Waals surface area contributed by atoms with Crippen LogP contribution in [-0.4, -0.2) is 14.8 Å². The molecule has 0 aliphatic heterocycles. The summed E-state index contributed by atoms with van der Waals surface area (Å²) in [5, 5.41) is 10.6. The van der Waals surface area contributed by atoms with Crippen LogP contribution in [0.2, 0.25) is 5.28 Å². The number of thiophene rings is 1. The van der Waals surface area contributed by atoms with Crippen molar-refractivity contribution in [1.29, 1.82) is 0 Å². The molecule has 0 aliphatic carbocycles. The molecule has 0 amide bonds. The lowest BCUT2D eigenvalue weighted by atomic mass is 10.2.